The molecule has 0 saturated carbocycles. The van der Waals surface area contributed by atoms with Crippen molar-refractivity contribution in [3.63, 3.8) is 0 Å². The van der Waals surface area contributed by atoms with Gasteiger partial charge in [-0.3, -0.25) is 0 Å². The number of rotatable bonds is 8. The predicted molar refractivity (Wildman–Crippen MR) is 88.0 cm³/mol. The fraction of sp³-hybridized carbons (Fsp3) is 0.400. The van der Waals surface area contributed by atoms with Gasteiger partial charge in [0, 0.05) is 17.6 Å². The van der Waals surface area contributed by atoms with Gasteiger partial charge < -0.3 is 25.3 Å². The monoisotopic (exact) mass is 323 g/mol. The van der Waals surface area contributed by atoms with Crippen molar-refractivity contribution in [2.75, 3.05) is 33.6 Å². The minimum atomic E-state index is 0.596. The van der Waals surface area contributed by atoms with Gasteiger partial charge in [-0.25, -0.2) is 4.98 Å². The molecule has 6 nitrogen and oxygen atoms in total. The molecule has 0 atom stereocenters. The van der Waals surface area contributed by atoms with Crippen LogP contribution in [0, 0.1) is 0 Å². The van der Waals surface area contributed by atoms with Crippen LogP contribution >= 0.6 is 11.3 Å². The van der Waals surface area contributed by atoms with E-state index in [9.17, 15) is 0 Å². The van der Waals surface area contributed by atoms with E-state index < -0.39 is 0 Å². The maximum atomic E-state index is 5.61. The predicted octanol–water partition coefficient (Wildman–Crippen LogP) is 2.08. The average Bonchev–Trinajstić information content (AvgIpc) is 2.95. The first-order valence-electron chi connectivity index (χ1n) is 6.88. The van der Waals surface area contributed by atoms with E-state index in [1.165, 1.54) is 11.3 Å². The molecule has 1 aromatic heterocycles. The average molecular weight is 323 g/mol. The Morgan fingerprint density at radius 3 is 2.50 bits per heavy atom. The van der Waals surface area contributed by atoms with Gasteiger partial charge in [-0.15, -0.1) is 11.3 Å². The molecule has 3 N–H and O–H groups in total. The molecule has 0 radical (unpaired) electrons. The number of nitrogen functional groups attached to an aromatic ring is 1. The summed E-state index contributed by atoms with van der Waals surface area (Å²) in [7, 11) is 4.85. The first-order chi connectivity index (χ1) is 10.7. The highest BCUT2D eigenvalue weighted by atomic mass is 32.1. The molecule has 0 saturated heterocycles. The van der Waals surface area contributed by atoms with Gasteiger partial charge >= 0.3 is 0 Å². The highest BCUT2D eigenvalue weighted by Crippen LogP contribution is 2.39. The maximum Gasteiger partial charge on any atom is 0.203 e. The number of thiazole rings is 1. The third-order valence-electron chi connectivity index (χ3n) is 3.23. The van der Waals surface area contributed by atoms with Gasteiger partial charge in [0.25, 0.3) is 0 Å². The van der Waals surface area contributed by atoms with Crippen molar-refractivity contribution < 1.29 is 14.2 Å². The largest absolute Gasteiger partial charge is 0.493 e. The quantitative estimate of drug-likeness (QED) is 0.724. The number of nitrogens with zero attached hydrogens (tertiary/aromatic N) is 1. The highest BCUT2D eigenvalue weighted by Gasteiger charge is 2.15. The second-order valence-electron chi connectivity index (χ2n) is 4.59. The van der Waals surface area contributed by atoms with Gasteiger partial charge in [-0.05, 0) is 24.6 Å². The molecule has 2 aromatic rings. The van der Waals surface area contributed by atoms with Crippen LogP contribution in [0.2, 0.25) is 0 Å². The molecule has 0 unspecified atom stereocenters. The SMILES string of the molecule is COc1ccc(CCNCc2cnc(N)s2)c(OC)c1OC. The lowest BCUT2D eigenvalue weighted by Crippen LogP contribution is -2.16. The van der Waals surface area contributed by atoms with E-state index in [2.05, 4.69) is 10.3 Å². The zero-order valence-corrected chi connectivity index (χ0v) is 13.8. The van der Waals surface area contributed by atoms with Crippen molar-refractivity contribution in [1.82, 2.24) is 10.3 Å². The Bertz CT molecular complexity index is 616. The van der Waals surface area contributed by atoms with E-state index >= 15 is 0 Å². The van der Waals surface area contributed by atoms with E-state index in [4.69, 9.17) is 19.9 Å². The van der Waals surface area contributed by atoms with Crippen molar-refractivity contribution in [2.24, 2.45) is 0 Å². The van der Waals surface area contributed by atoms with Crippen LogP contribution < -0.4 is 25.3 Å². The van der Waals surface area contributed by atoms with Crippen LogP contribution in [-0.4, -0.2) is 32.9 Å². The van der Waals surface area contributed by atoms with Crippen LogP contribution in [0.25, 0.3) is 0 Å². The van der Waals surface area contributed by atoms with Crippen molar-refractivity contribution in [1.29, 1.82) is 0 Å². The summed E-state index contributed by atoms with van der Waals surface area (Å²) in [5.74, 6) is 2.00. The summed E-state index contributed by atoms with van der Waals surface area (Å²) in [4.78, 5) is 5.15. The van der Waals surface area contributed by atoms with E-state index in [0.717, 1.165) is 30.0 Å². The van der Waals surface area contributed by atoms with Gasteiger partial charge in [0.15, 0.2) is 16.6 Å². The summed E-state index contributed by atoms with van der Waals surface area (Å²) < 4.78 is 16.1. The lowest BCUT2D eigenvalue weighted by Gasteiger charge is -2.15. The number of nitrogens with two attached hydrogens (primary N) is 1. The fourth-order valence-electron chi connectivity index (χ4n) is 2.20. The summed E-state index contributed by atoms with van der Waals surface area (Å²) in [5, 5.41) is 3.96. The number of anilines is 1. The highest BCUT2D eigenvalue weighted by molar-refractivity contribution is 7.15. The third-order valence-corrected chi connectivity index (χ3v) is 4.05. The lowest BCUT2D eigenvalue weighted by molar-refractivity contribution is 0.322. The zero-order chi connectivity index (χ0) is 15.9. The van der Waals surface area contributed by atoms with Crippen molar-refractivity contribution >= 4 is 16.5 Å². The molecular weight excluding hydrogens is 302 g/mol. The molecule has 0 aliphatic heterocycles. The van der Waals surface area contributed by atoms with Crippen LogP contribution in [0.15, 0.2) is 18.3 Å². The normalized spacial score (nSPS) is 10.5. The number of benzene rings is 1. The minimum absolute atomic E-state index is 0.596. The van der Waals surface area contributed by atoms with Gasteiger partial charge in [-0.2, -0.15) is 0 Å². The third kappa shape index (κ3) is 3.80. The van der Waals surface area contributed by atoms with E-state index in [1.807, 2.05) is 12.1 Å². The van der Waals surface area contributed by atoms with E-state index in [1.54, 1.807) is 27.5 Å². The minimum Gasteiger partial charge on any atom is -0.493 e. The Morgan fingerprint density at radius 1 is 1.14 bits per heavy atom. The van der Waals surface area contributed by atoms with E-state index in [-0.39, 0.29) is 0 Å². The summed E-state index contributed by atoms with van der Waals surface area (Å²) >= 11 is 1.50. The number of hydrogen-bond donors (Lipinski definition) is 2. The molecular formula is C15H21N3O3S. The number of hydrogen-bond acceptors (Lipinski definition) is 7. The Kier molecular flexibility index (Phi) is 5.85. The Balaban J connectivity index is 1.97. The van der Waals surface area contributed by atoms with E-state index in [0.29, 0.717) is 22.4 Å². The molecule has 0 fully saturated rings. The molecule has 1 heterocycles. The second kappa shape index (κ2) is 7.86. The molecule has 1 aromatic carbocycles. The standard InChI is InChI=1S/C15H21N3O3S/c1-19-12-5-4-10(13(20-2)14(12)21-3)6-7-17-8-11-9-18-15(16)22-11/h4-5,9,17H,6-8H2,1-3H3,(H2,16,18). The summed E-state index contributed by atoms with van der Waals surface area (Å²) in [6.45, 7) is 1.56. The summed E-state index contributed by atoms with van der Waals surface area (Å²) in [6, 6.07) is 3.88. The molecule has 120 valence electrons. The molecule has 0 aliphatic carbocycles. The first kappa shape index (κ1) is 16.4. The number of aromatic nitrogens is 1. The van der Waals surface area contributed by atoms with Gasteiger partial charge in [0.05, 0.1) is 21.3 Å². The van der Waals surface area contributed by atoms with Crippen LogP contribution in [0.5, 0.6) is 17.2 Å². The molecule has 0 spiro atoms. The number of ether oxygens (including phenoxy) is 3. The Labute approximate surface area is 134 Å². The topological polar surface area (TPSA) is 78.6 Å². The zero-order valence-electron chi connectivity index (χ0n) is 13.0. The summed E-state index contributed by atoms with van der Waals surface area (Å²) in [6.07, 6.45) is 2.61. The molecule has 0 aliphatic rings. The van der Waals surface area contributed by atoms with Crippen LogP contribution in [-0.2, 0) is 13.0 Å². The molecule has 0 bridgehead atoms. The van der Waals surface area contributed by atoms with Gasteiger partial charge in [0.1, 0.15) is 0 Å². The van der Waals surface area contributed by atoms with Crippen LogP contribution in [0.1, 0.15) is 10.4 Å². The number of nitrogens with one attached hydrogen (secondary N) is 1. The molecule has 22 heavy (non-hydrogen) atoms. The van der Waals surface area contributed by atoms with Crippen molar-refractivity contribution in [3.05, 3.63) is 28.8 Å². The van der Waals surface area contributed by atoms with Crippen molar-refractivity contribution in [2.45, 2.75) is 13.0 Å². The van der Waals surface area contributed by atoms with Crippen LogP contribution in [0.4, 0.5) is 5.13 Å². The fourth-order valence-corrected chi connectivity index (χ4v) is 2.85. The second-order valence-corrected chi connectivity index (χ2v) is 5.73. The summed E-state index contributed by atoms with van der Waals surface area (Å²) in [5.41, 5.74) is 6.67. The van der Waals surface area contributed by atoms with Gasteiger partial charge in [0.2, 0.25) is 5.75 Å². The Morgan fingerprint density at radius 2 is 1.91 bits per heavy atom. The smallest absolute Gasteiger partial charge is 0.203 e. The van der Waals surface area contributed by atoms with Gasteiger partial charge in [-0.1, -0.05) is 6.07 Å². The lowest BCUT2D eigenvalue weighted by atomic mass is 10.1. The van der Waals surface area contributed by atoms with Crippen LogP contribution in [0.3, 0.4) is 0 Å². The first-order valence-corrected chi connectivity index (χ1v) is 7.70. The molecule has 2 rings (SSSR count). The van der Waals surface area contributed by atoms with Crippen molar-refractivity contribution in [3.8, 4) is 17.2 Å². The number of methoxy groups -OCH3 is 3. The molecule has 0 amide bonds. The Hall–Kier alpha value is -1.99. The maximum absolute atomic E-state index is 5.61. The molecule has 7 heteroatoms.